The van der Waals surface area contributed by atoms with Crippen molar-refractivity contribution in [3.8, 4) is 5.88 Å². The average molecular weight is 285 g/mol. The lowest BCUT2D eigenvalue weighted by molar-refractivity contribution is 0.101. The number of fused-ring (bicyclic) bond motifs is 1. The van der Waals surface area contributed by atoms with Gasteiger partial charge in [-0.25, -0.2) is 4.68 Å². The van der Waals surface area contributed by atoms with E-state index in [9.17, 15) is 9.59 Å². The lowest BCUT2D eigenvalue weighted by Crippen LogP contribution is -2.16. The molecule has 0 unspecified atom stereocenters. The topological polar surface area (TPSA) is 73.2 Å². The van der Waals surface area contributed by atoms with Crippen molar-refractivity contribution in [3.05, 3.63) is 41.6 Å². The monoisotopic (exact) mass is 285 g/mol. The fourth-order valence-corrected chi connectivity index (χ4v) is 2.16. The third-order valence-electron chi connectivity index (χ3n) is 3.29. The van der Waals surface area contributed by atoms with E-state index in [-0.39, 0.29) is 11.7 Å². The van der Waals surface area contributed by atoms with Gasteiger partial charge in [-0.1, -0.05) is 0 Å². The van der Waals surface area contributed by atoms with Gasteiger partial charge in [0, 0.05) is 30.3 Å². The maximum Gasteiger partial charge on any atom is 0.276 e. The number of ketones is 1. The van der Waals surface area contributed by atoms with Crippen LogP contribution in [-0.2, 0) is 6.54 Å². The van der Waals surface area contributed by atoms with Gasteiger partial charge in [-0.15, -0.1) is 0 Å². The highest BCUT2D eigenvalue weighted by atomic mass is 16.5. The van der Waals surface area contributed by atoms with Gasteiger partial charge in [-0.2, -0.15) is 5.10 Å². The van der Waals surface area contributed by atoms with E-state index < -0.39 is 0 Å². The van der Waals surface area contributed by atoms with E-state index in [1.165, 1.54) is 6.92 Å². The zero-order chi connectivity index (χ0) is 14.8. The van der Waals surface area contributed by atoms with Gasteiger partial charge >= 0.3 is 0 Å². The predicted octanol–water partition coefficient (Wildman–Crippen LogP) is 2.12. The molecule has 0 bridgehead atoms. The van der Waals surface area contributed by atoms with Crippen LogP contribution < -0.4 is 10.1 Å². The van der Waals surface area contributed by atoms with Crippen LogP contribution in [0.1, 0.15) is 34.2 Å². The first-order chi connectivity index (χ1) is 10.1. The molecule has 1 aliphatic rings. The summed E-state index contributed by atoms with van der Waals surface area (Å²) in [6, 6.07) is 8.39. The van der Waals surface area contributed by atoms with Crippen LogP contribution in [0, 0.1) is 0 Å². The maximum atomic E-state index is 12.1. The second-order valence-corrected chi connectivity index (χ2v) is 4.88. The third-order valence-corrected chi connectivity index (χ3v) is 3.29. The molecule has 3 rings (SSSR count). The van der Waals surface area contributed by atoms with Crippen LogP contribution in [0.15, 0.2) is 30.3 Å². The summed E-state index contributed by atoms with van der Waals surface area (Å²) in [5.41, 5.74) is 1.55. The number of nitrogens with zero attached hydrogens (tertiary/aromatic N) is 2. The predicted molar refractivity (Wildman–Crippen MR) is 76.7 cm³/mol. The second kappa shape index (κ2) is 5.40. The molecule has 6 heteroatoms. The quantitative estimate of drug-likeness (QED) is 0.877. The Labute approximate surface area is 121 Å². The minimum atomic E-state index is -0.295. The third kappa shape index (κ3) is 2.79. The number of benzene rings is 1. The molecule has 6 nitrogen and oxygen atoms in total. The minimum absolute atomic E-state index is 0.00759. The van der Waals surface area contributed by atoms with E-state index in [2.05, 4.69) is 10.4 Å². The first-order valence-electron chi connectivity index (χ1n) is 6.76. The number of hydrogen-bond acceptors (Lipinski definition) is 4. The molecular formula is C15H15N3O3. The van der Waals surface area contributed by atoms with Gasteiger partial charge in [-0.3, -0.25) is 9.59 Å². The van der Waals surface area contributed by atoms with Gasteiger partial charge in [0.15, 0.2) is 11.5 Å². The van der Waals surface area contributed by atoms with Gasteiger partial charge in [0.05, 0.1) is 6.61 Å². The van der Waals surface area contributed by atoms with Gasteiger partial charge in [-0.05, 0) is 31.2 Å². The standard InChI is InChI=1S/C15H15N3O3/c1-10(19)11-3-5-12(6-4-11)16-15(20)13-9-14-18(17-13)7-2-8-21-14/h3-6,9H,2,7-8H2,1H3,(H,16,20). The van der Waals surface area contributed by atoms with Crippen LogP contribution in [0.5, 0.6) is 5.88 Å². The molecule has 1 aromatic carbocycles. The van der Waals surface area contributed by atoms with Crippen LogP contribution in [0.2, 0.25) is 0 Å². The molecule has 0 atom stereocenters. The molecule has 1 aromatic heterocycles. The molecule has 2 aromatic rings. The van der Waals surface area contributed by atoms with Gasteiger partial charge < -0.3 is 10.1 Å². The van der Waals surface area contributed by atoms with Crippen LogP contribution in [0.25, 0.3) is 0 Å². The van der Waals surface area contributed by atoms with Crippen LogP contribution in [0.4, 0.5) is 5.69 Å². The van der Waals surface area contributed by atoms with Crippen molar-refractivity contribution in [1.82, 2.24) is 9.78 Å². The zero-order valence-electron chi connectivity index (χ0n) is 11.6. The van der Waals surface area contributed by atoms with E-state index in [4.69, 9.17) is 4.74 Å². The second-order valence-electron chi connectivity index (χ2n) is 4.88. The number of Topliss-reactive ketones (excluding diaryl/α,β-unsaturated/α-hetero) is 1. The number of carbonyl (C=O) groups excluding carboxylic acids is 2. The molecule has 0 saturated heterocycles. The molecule has 0 aliphatic carbocycles. The normalized spacial score (nSPS) is 13.2. The number of aromatic nitrogens is 2. The number of hydrogen-bond donors (Lipinski definition) is 1. The number of rotatable bonds is 3. The van der Waals surface area contributed by atoms with Crippen molar-refractivity contribution in [2.24, 2.45) is 0 Å². The first-order valence-corrected chi connectivity index (χ1v) is 6.76. The fourth-order valence-electron chi connectivity index (χ4n) is 2.16. The SMILES string of the molecule is CC(=O)c1ccc(NC(=O)c2cc3n(n2)CCCO3)cc1. The van der Waals surface area contributed by atoms with E-state index in [1.54, 1.807) is 35.0 Å². The van der Waals surface area contributed by atoms with Crippen molar-refractivity contribution in [2.45, 2.75) is 19.9 Å². The van der Waals surface area contributed by atoms with Gasteiger partial charge in [0.25, 0.3) is 5.91 Å². The number of aryl methyl sites for hydroxylation is 1. The highest BCUT2D eigenvalue weighted by Crippen LogP contribution is 2.19. The Balaban J connectivity index is 1.73. The zero-order valence-corrected chi connectivity index (χ0v) is 11.6. The Hall–Kier alpha value is -2.63. The summed E-state index contributed by atoms with van der Waals surface area (Å²) in [4.78, 5) is 23.3. The summed E-state index contributed by atoms with van der Waals surface area (Å²) in [7, 11) is 0. The lowest BCUT2D eigenvalue weighted by Gasteiger charge is -2.13. The molecular weight excluding hydrogens is 270 g/mol. The Morgan fingerprint density at radius 1 is 1.29 bits per heavy atom. The Bertz CT molecular complexity index is 665. The van der Waals surface area contributed by atoms with Crippen molar-refractivity contribution in [3.63, 3.8) is 0 Å². The molecule has 21 heavy (non-hydrogen) atoms. The highest BCUT2D eigenvalue weighted by Gasteiger charge is 2.17. The first kappa shape index (κ1) is 13.4. The van der Waals surface area contributed by atoms with Crippen LogP contribution >= 0.6 is 0 Å². The fraction of sp³-hybridized carbons (Fsp3) is 0.267. The van der Waals surface area contributed by atoms with Crippen LogP contribution in [-0.4, -0.2) is 28.1 Å². The summed E-state index contributed by atoms with van der Waals surface area (Å²) >= 11 is 0. The summed E-state index contributed by atoms with van der Waals surface area (Å²) in [5.74, 6) is 0.321. The molecule has 0 radical (unpaired) electrons. The van der Waals surface area contributed by atoms with Gasteiger partial charge in [0.2, 0.25) is 5.88 Å². The largest absolute Gasteiger partial charge is 0.478 e. The van der Waals surface area contributed by atoms with Crippen LogP contribution in [0.3, 0.4) is 0 Å². The molecule has 1 amide bonds. The molecule has 0 spiro atoms. The Morgan fingerprint density at radius 2 is 2.05 bits per heavy atom. The van der Waals surface area contributed by atoms with Gasteiger partial charge in [0.1, 0.15) is 0 Å². The summed E-state index contributed by atoms with van der Waals surface area (Å²) in [5, 5.41) is 6.97. The maximum absolute atomic E-state index is 12.1. The Morgan fingerprint density at radius 3 is 2.71 bits per heavy atom. The number of carbonyl (C=O) groups is 2. The number of ether oxygens (including phenoxy) is 1. The molecule has 1 aliphatic heterocycles. The van der Waals surface area contributed by atoms with Crippen molar-refractivity contribution in [2.75, 3.05) is 11.9 Å². The smallest absolute Gasteiger partial charge is 0.276 e. The van der Waals surface area contributed by atoms with Crippen molar-refractivity contribution in [1.29, 1.82) is 0 Å². The molecule has 0 fully saturated rings. The highest BCUT2D eigenvalue weighted by molar-refractivity contribution is 6.03. The summed E-state index contributed by atoms with van der Waals surface area (Å²) < 4.78 is 7.12. The number of nitrogens with one attached hydrogen (secondary N) is 1. The minimum Gasteiger partial charge on any atom is -0.478 e. The summed E-state index contributed by atoms with van der Waals surface area (Å²) in [6.07, 6.45) is 0.891. The molecule has 108 valence electrons. The number of anilines is 1. The number of amides is 1. The Kier molecular flexibility index (Phi) is 3.43. The summed E-state index contributed by atoms with van der Waals surface area (Å²) in [6.45, 7) is 2.92. The van der Waals surface area contributed by atoms with E-state index in [0.29, 0.717) is 29.4 Å². The van der Waals surface area contributed by atoms with E-state index in [0.717, 1.165) is 13.0 Å². The molecule has 1 N–H and O–H groups in total. The molecule has 2 heterocycles. The van der Waals surface area contributed by atoms with Crippen molar-refractivity contribution < 1.29 is 14.3 Å². The molecule has 0 saturated carbocycles. The average Bonchev–Trinajstić information content (AvgIpc) is 2.92. The van der Waals surface area contributed by atoms with E-state index >= 15 is 0 Å². The van der Waals surface area contributed by atoms with E-state index in [1.807, 2.05) is 0 Å². The lowest BCUT2D eigenvalue weighted by atomic mass is 10.1. The van der Waals surface area contributed by atoms with Crippen molar-refractivity contribution >= 4 is 17.4 Å².